The molecule has 4 rings (SSSR count). The molecule has 4 heterocycles. The topological polar surface area (TPSA) is 149 Å². The van der Waals surface area contributed by atoms with Crippen LogP contribution >= 0.6 is 0 Å². The van der Waals surface area contributed by atoms with Gasteiger partial charge < -0.3 is 25.0 Å². The van der Waals surface area contributed by atoms with Crippen LogP contribution in [0.1, 0.15) is 53.4 Å². The number of hydrogen-bond acceptors (Lipinski definition) is 9. The van der Waals surface area contributed by atoms with E-state index in [2.05, 4.69) is 30.3 Å². The monoisotopic (exact) mass is 608 g/mol. The molecule has 3 aromatic heterocycles. The van der Waals surface area contributed by atoms with E-state index >= 15 is 0 Å². The Labute approximate surface area is 233 Å². The van der Waals surface area contributed by atoms with Gasteiger partial charge in [-0.2, -0.15) is 31.4 Å². The maximum atomic E-state index is 13.2. The minimum Gasteiger partial charge on any atom is -0.382 e. The Bertz CT molecular complexity index is 1430. The molecular weight excluding hydrogens is 582 g/mol. The number of aryl methyl sites for hydroxylation is 1. The Morgan fingerprint density at radius 3 is 2.52 bits per heavy atom. The largest absolute Gasteiger partial charge is 0.414 e. The highest BCUT2D eigenvalue weighted by molar-refractivity contribution is 5.93. The van der Waals surface area contributed by atoms with Gasteiger partial charge in [0, 0.05) is 12.7 Å². The fourth-order valence-electron chi connectivity index (χ4n) is 4.33. The summed E-state index contributed by atoms with van der Waals surface area (Å²) in [7, 11) is 1.31. The molecule has 42 heavy (non-hydrogen) atoms. The average Bonchev–Trinajstić information content (AvgIpc) is 3.62. The minimum atomic E-state index is -4.69. The SMILES string of the molecule is COC[C@H](c1cnn2cc([C@@H](NC(=O)c3nonc3C)[C@@H](C)O[C@H](C)C(F)(F)F)nc2c1)N1C[C@@H](C(F)(F)F)NC1=O. The van der Waals surface area contributed by atoms with Gasteiger partial charge in [0.25, 0.3) is 5.91 Å². The van der Waals surface area contributed by atoms with Gasteiger partial charge in [-0.05, 0) is 32.0 Å². The number of imidazole rings is 1. The van der Waals surface area contributed by atoms with Gasteiger partial charge in [0.1, 0.15) is 11.7 Å². The number of amides is 3. The van der Waals surface area contributed by atoms with Crippen LogP contribution in [0.25, 0.3) is 5.65 Å². The molecule has 3 aromatic rings. The van der Waals surface area contributed by atoms with Crippen LogP contribution in [0.15, 0.2) is 23.1 Å². The van der Waals surface area contributed by atoms with Crippen molar-refractivity contribution in [1.82, 2.24) is 40.4 Å². The van der Waals surface area contributed by atoms with E-state index in [1.54, 1.807) is 0 Å². The number of aromatic nitrogens is 5. The van der Waals surface area contributed by atoms with Crippen LogP contribution in [-0.2, 0) is 9.47 Å². The third-order valence-corrected chi connectivity index (χ3v) is 6.60. The highest BCUT2D eigenvalue weighted by Crippen LogP contribution is 2.31. The molecule has 19 heteroatoms. The van der Waals surface area contributed by atoms with Crippen molar-refractivity contribution in [2.24, 2.45) is 0 Å². The third-order valence-electron chi connectivity index (χ3n) is 6.60. The number of carbonyl (C=O) groups is 2. The normalized spacial score (nSPS) is 19.0. The fraction of sp³-hybridized carbons (Fsp3) is 0.565. The highest BCUT2D eigenvalue weighted by Gasteiger charge is 2.48. The molecule has 0 radical (unpaired) electrons. The first-order valence-electron chi connectivity index (χ1n) is 12.4. The summed E-state index contributed by atoms with van der Waals surface area (Å²) in [4.78, 5) is 30.6. The molecule has 3 amide bonds. The zero-order valence-corrected chi connectivity index (χ0v) is 22.5. The Hall–Kier alpha value is -4.00. The molecule has 0 spiro atoms. The van der Waals surface area contributed by atoms with E-state index in [1.807, 2.05) is 5.32 Å². The predicted molar refractivity (Wildman–Crippen MR) is 128 cm³/mol. The number of nitrogens with zero attached hydrogens (tertiary/aromatic N) is 6. The van der Waals surface area contributed by atoms with Gasteiger partial charge in [-0.3, -0.25) is 4.79 Å². The minimum absolute atomic E-state index is 0.0447. The van der Waals surface area contributed by atoms with Crippen LogP contribution in [0.2, 0.25) is 0 Å². The lowest BCUT2D eigenvalue weighted by Crippen LogP contribution is -2.41. The molecule has 1 fully saturated rings. The number of alkyl halides is 6. The van der Waals surface area contributed by atoms with Crippen LogP contribution in [0.3, 0.4) is 0 Å². The molecule has 0 bridgehead atoms. The Kier molecular flexibility index (Phi) is 8.63. The molecule has 0 aliphatic carbocycles. The van der Waals surface area contributed by atoms with Gasteiger partial charge in [-0.15, -0.1) is 0 Å². The zero-order chi connectivity index (χ0) is 31.0. The van der Waals surface area contributed by atoms with Crippen molar-refractivity contribution in [2.75, 3.05) is 20.3 Å². The second-order valence-electron chi connectivity index (χ2n) is 9.60. The highest BCUT2D eigenvalue weighted by atomic mass is 19.4. The maximum Gasteiger partial charge on any atom is 0.414 e. The Balaban J connectivity index is 1.67. The summed E-state index contributed by atoms with van der Waals surface area (Å²) in [6.45, 7) is 2.72. The van der Waals surface area contributed by atoms with E-state index in [9.17, 15) is 35.9 Å². The van der Waals surface area contributed by atoms with Crippen LogP contribution in [0.5, 0.6) is 0 Å². The lowest BCUT2D eigenvalue weighted by atomic mass is 10.1. The van der Waals surface area contributed by atoms with E-state index in [-0.39, 0.29) is 34.9 Å². The molecule has 1 aliphatic rings. The number of ether oxygens (including phenoxy) is 2. The van der Waals surface area contributed by atoms with Gasteiger partial charge in [0.2, 0.25) is 0 Å². The van der Waals surface area contributed by atoms with Gasteiger partial charge in [0.15, 0.2) is 17.4 Å². The van der Waals surface area contributed by atoms with Crippen molar-refractivity contribution in [2.45, 2.75) is 63.5 Å². The van der Waals surface area contributed by atoms with E-state index < -0.39 is 61.2 Å². The molecule has 1 aliphatic heterocycles. The molecule has 0 aromatic carbocycles. The second-order valence-corrected chi connectivity index (χ2v) is 9.60. The zero-order valence-electron chi connectivity index (χ0n) is 22.5. The first-order chi connectivity index (χ1) is 19.6. The first-order valence-corrected chi connectivity index (χ1v) is 12.4. The van der Waals surface area contributed by atoms with Crippen LogP contribution in [0.4, 0.5) is 31.1 Å². The predicted octanol–water partition coefficient (Wildman–Crippen LogP) is 2.89. The Morgan fingerprint density at radius 1 is 1.24 bits per heavy atom. The average molecular weight is 609 g/mol. The fourth-order valence-corrected chi connectivity index (χ4v) is 4.33. The number of rotatable bonds is 10. The van der Waals surface area contributed by atoms with Crippen molar-refractivity contribution in [3.63, 3.8) is 0 Å². The molecular formula is C23H26F6N8O5. The molecule has 5 atom stereocenters. The van der Waals surface area contributed by atoms with Crippen LogP contribution in [0, 0.1) is 6.92 Å². The van der Waals surface area contributed by atoms with Crippen molar-refractivity contribution >= 4 is 17.6 Å². The smallest absolute Gasteiger partial charge is 0.382 e. The summed E-state index contributed by atoms with van der Waals surface area (Å²) in [5.41, 5.74) is 0.365. The third kappa shape index (κ3) is 6.56. The summed E-state index contributed by atoms with van der Waals surface area (Å²) >= 11 is 0. The summed E-state index contributed by atoms with van der Waals surface area (Å²) in [6, 6.07) is -3.83. The van der Waals surface area contributed by atoms with E-state index in [4.69, 9.17) is 9.47 Å². The van der Waals surface area contributed by atoms with E-state index in [0.29, 0.717) is 0 Å². The maximum absolute atomic E-state index is 13.2. The van der Waals surface area contributed by atoms with Crippen molar-refractivity contribution in [3.05, 3.63) is 41.1 Å². The standard InChI is InChI=1S/C23H26F6N8O5/c1-10-18(35-42-34-10)20(38)33-19(11(2)41-12(3)22(24,25)26)14-7-37-17(31-14)5-13(6-30-37)15(9-40-4)36-8-16(23(27,28)29)32-21(36)39/h5-7,11-12,15-16,19H,8-9H2,1-4H3,(H,32,39)(H,33,38)/t11-,12-,15-,16+,19+/m1/s1. The molecule has 0 saturated carbocycles. The summed E-state index contributed by atoms with van der Waals surface area (Å²) in [5.74, 6) is -0.820. The molecule has 1 saturated heterocycles. The number of nitrogens with one attached hydrogen (secondary N) is 2. The molecule has 2 N–H and O–H groups in total. The van der Waals surface area contributed by atoms with Crippen molar-refractivity contribution in [3.8, 4) is 0 Å². The molecule has 0 unspecified atom stereocenters. The first kappa shape index (κ1) is 30.9. The van der Waals surface area contributed by atoms with E-state index in [0.717, 1.165) is 11.8 Å². The molecule has 230 valence electrons. The van der Waals surface area contributed by atoms with Crippen molar-refractivity contribution in [1.29, 1.82) is 0 Å². The van der Waals surface area contributed by atoms with Gasteiger partial charge in [-0.1, -0.05) is 5.16 Å². The van der Waals surface area contributed by atoms with Gasteiger partial charge >= 0.3 is 18.4 Å². The number of halogens is 6. The van der Waals surface area contributed by atoms with Crippen molar-refractivity contribution < 1.29 is 50.0 Å². The number of methoxy groups -OCH3 is 1. The second kappa shape index (κ2) is 11.7. The lowest BCUT2D eigenvalue weighted by Gasteiger charge is -2.27. The lowest BCUT2D eigenvalue weighted by molar-refractivity contribution is -0.227. The van der Waals surface area contributed by atoms with Crippen LogP contribution < -0.4 is 10.6 Å². The van der Waals surface area contributed by atoms with E-state index in [1.165, 1.54) is 43.9 Å². The quantitative estimate of drug-likeness (QED) is 0.332. The number of hydrogen-bond donors (Lipinski definition) is 2. The number of urea groups is 1. The van der Waals surface area contributed by atoms with Gasteiger partial charge in [0.05, 0.1) is 49.4 Å². The summed E-state index contributed by atoms with van der Waals surface area (Å²) in [6.07, 6.45) is -10.2. The Morgan fingerprint density at radius 2 is 1.95 bits per heavy atom. The summed E-state index contributed by atoms with van der Waals surface area (Å²) < 4.78 is 95.5. The number of carbonyl (C=O) groups excluding carboxylic acids is 2. The molecule has 13 nitrogen and oxygen atoms in total. The van der Waals surface area contributed by atoms with Gasteiger partial charge in [-0.25, -0.2) is 18.9 Å². The number of fused-ring (bicyclic) bond motifs is 1. The van der Waals surface area contributed by atoms with Crippen LogP contribution in [-0.4, -0.2) is 92.6 Å². The summed E-state index contributed by atoms with van der Waals surface area (Å²) in [5, 5.41) is 15.6.